The summed E-state index contributed by atoms with van der Waals surface area (Å²) in [4.78, 5) is 51.8. The molecule has 0 bridgehead atoms. The number of amides is 1. The first kappa shape index (κ1) is 23.7. The minimum atomic E-state index is -0.612. The number of piperidine rings is 1. The number of nitrogens with one attached hydrogen (secondary N) is 2. The summed E-state index contributed by atoms with van der Waals surface area (Å²) in [6.07, 6.45) is 4.12. The van der Waals surface area contributed by atoms with Gasteiger partial charge in [0.15, 0.2) is 5.65 Å². The van der Waals surface area contributed by atoms with Gasteiger partial charge in [-0.1, -0.05) is 26.8 Å². The summed E-state index contributed by atoms with van der Waals surface area (Å²) in [5.74, 6) is 1.33. The quantitative estimate of drug-likeness (QED) is 0.580. The summed E-state index contributed by atoms with van der Waals surface area (Å²) in [5, 5.41) is 3.02. The number of anilines is 1. The number of fused-ring (bicyclic) bond motifs is 1. The third-order valence-corrected chi connectivity index (χ3v) is 6.49. The van der Waals surface area contributed by atoms with Crippen LogP contribution >= 0.6 is 0 Å². The number of H-pyrrole nitrogens is 1. The van der Waals surface area contributed by atoms with Gasteiger partial charge in [-0.25, -0.2) is 14.8 Å². The highest BCUT2D eigenvalue weighted by Crippen LogP contribution is 2.22. The Morgan fingerprint density at radius 1 is 1.24 bits per heavy atom. The van der Waals surface area contributed by atoms with Gasteiger partial charge in [0.2, 0.25) is 0 Å². The zero-order valence-corrected chi connectivity index (χ0v) is 20.2. The number of carbonyl (C=O) groups excluding carboxylic acids is 1. The van der Waals surface area contributed by atoms with Crippen LogP contribution in [0.4, 0.5) is 5.82 Å². The molecule has 0 radical (unpaired) electrons. The van der Waals surface area contributed by atoms with Gasteiger partial charge in [0.25, 0.3) is 11.5 Å². The molecule has 4 rings (SSSR count). The second-order valence-electron chi connectivity index (χ2n) is 9.33. The molecular formula is C25H32N6O3. The molecule has 0 spiro atoms. The lowest BCUT2D eigenvalue weighted by molar-refractivity contribution is 0.0952. The maximum atomic E-state index is 13.2. The lowest BCUT2D eigenvalue weighted by atomic mass is 9.99. The second kappa shape index (κ2) is 9.79. The van der Waals surface area contributed by atoms with Crippen molar-refractivity contribution >= 4 is 22.8 Å². The van der Waals surface area contributed by atoms with E-state index in [2.05, 4.69) is 32.1 Å². The van der Waals surface area contributed by atoms with Gasteiger partial charge in [-0.15, -0.1) is 0 Å². The van der Waals surface area contributed by atoms with Gasteiger partial charge in [0.05, 0.1) is 10.9 Å². The molecule has 1 fully saturated rings. The molecule has 2 N–H and O–H groups in total. The molecule has 9 heteroatoms. The molecule has 0 saturated carbocycles. The van der Waals surface area contributed by atoms with E-state index in [1.807, 2.05) is 26.0 Å². The minimum absolute atomic E-state index is 0.0187. The maximum absolute atomic E-state index is 13.2. The second-order valence-corrected chi connectivity index (χ2v) is 9.33. The molecule has 180 valence electrons. The number of rotatable bonds is 6. The normalized spacial score (nSPS) is 14.7. The Balaban J connectivity index is 1.58. The van der Waals surface area contributed by atoms with Gasteiger partial charge >= 0.3 is 5.69 Å². The number of pyridine rings is 2. The molecule has 1 aliphatic heterocycles. The van der Waals surface area contributed by atoms with Crippen molar-refractivity contribution in [2.45, 2.75) is 59.5 Å². The predicted molar refractivity (Wildman–Crippen MR) is 132 cm³/mol. The van der Waals surface area contributed by atoms with Crippen molar-refractivity contribution in [1.82, 2.24) is 24.8 Å². The van der Waals surface area contributed by atoms with Crippen molar-refractivity contribution in [2.75, 3.05) is 18.0 Å². The SMILES string of the molecule is CCn1c(=O)[nH]c(=O)c2c(C(=O)NCc3ccc(N4CCC(C)CC4)nc3)cc(C(C)C)nc21. The number of hydrogen-bond donors (Lipinski definition) is 2. The van der Waals surface area contributed by atoms with Crippen molar-refractivity contribution in [2.24, 2.45) is 5.92 Å². The number of hydrogen-bond acceptors (Lipinski definition) is 6. The molecule has 34 heavy (non-hydrogen) atoms. The van der Waals surface area contributed by atoms with E-state index in [1.165, 1.54) is 17.4 Å². The molecule has 1 saturated heterocycles. The van der Waals surface area contributed by atoms with Gasteiger partial charge in [0, 0.05) is 38.1 Å². The van der Waals surface area contributed by atoms with Crippen molar-refractivity contribution in [3.05, 3.63) is 62.1 Å². The average Bonchev–Trinajstić information content (AvgIpc) is 2.82. The Labute approximate surface area is 198 Å². The lowest BCUT2D eigenvalue weighted by Crippen LogP contribution is -2.33. The fourth-order valence-electron chi connectivity index (χ4n) is 4.29. The van der Waals surface area contributed by atoms with Crippen LogP contribution in [0, 0.1) is 5.92 Å². The van der Waals surface area contributed by atoms with E-state index in [9.17, 15) is 14.4 Å². The van der Waals surface area contributed by atoms with Crippen molar-refractivity contribution in [3.63, 3.8) is 0 Å². The summed E-state index contributed by atoms with van der Waals surface area (Å²) in [6.45, 7) is 10.6. The van der Waals surface area contributed by atoms with Gasteiger partial charge in [-0.3, -0.25) is 19.1 Å². The molecule has 1 aliphatic rings. The zero-order chi connectivity index (χ0) is 24.4. The van der Waals surface area contributed by atoms with Crippen molar-refractivity contribution in [1.29, 1.82) is 0 Å². The number of nitrogens with zero attached hydrogens (tertiary/aromatic N) is 4. The first-order chi connectivity index (χ1) is 16.3. The Morgan fingerprint density at radius 2 is 1.97 bits per heavy atom. The molecule has 4 heterocycles. The van der Waals surface area contributed by atoms with Gasteiger partial charge in [0.1, 0.15) is 5.82 Å². The topological polar surface area (TPSA) is 113 Å². The number of aryl methyl sites for hydroxylation is 1. The van der Waals surface area contributed by atoms with Crippen LogP contribution in [0.5, 0.6) is 0 Å². The van der Waals surface area contributed by atoms with Crippen LogP contribution in [0.3, 0.4) is 0 Å². The summed E-state index contributed by atoms with van der Waals surface area (Å²) < 4.78 is 1.38. The third kappa shape index (κ3) is 4.73. The van der Waals surface area contributed by atoms with Crippen LogP contribution in [0.25, 0.3) is 11.0 Å². The Bertz CT molecular complexity index is 1300. The first-order valence-corrected chi connectivity index (χ1v) is 11.9. The van der Waals surface area contributed by atoms with Crippen LogP contribution in [0.1, 0.15) is 68.1 Å². The largest absolute Gasteiger partial charge is 0.357 e. The van der Waals surface area contributed by atoms with E-state index in [4.69, 9.17) is 0 Å². The summed E-state index contributed by atoms with van der Waals surface area (Å²) >= 11 is 0. The van der Waals surface area contributed by atoms with E-state index in [0.29, 0.717) is 12.2 Å². The van der Waals surface area contributed by atoms with Gasteiger partial charge < -0.3 is 10.2 Å². The Kier molecular flexibility index (Phi) is 6.81. The van der Waals surface area contributed by atoms with Gasteiger partial charge in [-0.05, 0) is 49.3 Å². The number of aromatic nitrogens is 4. The average molecular weight is 465 g/mol. The fourth-order valence-corrected chi connectivity index (χ4v) is 4.29. The minimum Gasteiger partial charge on any atom is -0.357 e. The molecule has 3 aromatic rings. The first-order valence-electron chi connectivity index (χ1n) is 11.9. The fraction of sp³-hybridized carbons (Fsp3) is 0.480. The van der Waals surface area contributed by atoms with Crippen LogP contribution in [0.15, 0.2) is 34.0 Å². The van der Waals surface area contributed by atoms with Crippen LogP contribution in [0.2, 0.25) is 0 Å². The highest BCUT2D eigenvalue weighted by molar-refractivity contribution is 6.05. The van der Waals surface area contributed by atoms with E-state index >= 15 is 0 Å². The molecule has 9 nitrogen and oxygen atoms in total. The monoisotopic (exact) mass is 464 g/mol. The summed E-state index contributed by atoms with van der Waals surface area (Å²) in [6, 6.07) is 5.59. The molecule has 0 atom stereocenters. The Hall–Kier alpha value is -3.49. The van der Waals surface area contributed by atoms with Gasteiger partial charge in [-0.2, -0.15) is 0 Å². The molecule has 3 aromatic heterocycles. The van der Waals surface area contributed by atoms with Crippen LogP contribution in [-0.4, -0.2) is 38.5 Å². The molecular weight excluding hydrogens is 432 g/mol. The highest BCUT2D eigenvalue weighted by Gasteiger charge is 2.20. The predicted octanol–water partition coefficient (Wildman–Crippen LogP) is 2.79. The van der Waals surface area contributed by atoms with Crippen LogP contribution in [-0.2, 0) is 13.1 Å². The lowest BCUT2D eigenvalue weighted by Gasteiger charge is -2.31. The smallest absolute Gasteiger partial charge is 0.329 e. The third-order valence-electron chi connectivity index (χ3n) is 6.49. The van der Waals surface area contributed by atoms with E-state index < -0.39 is 17.2 Å². The molecule has 0 unspecified atom stereocenters. The zero-order valence-electron chi connectivity index (χ0n) is 20.2. The number of aromatic amines is 1. The van der Waals surface area contributed by atoms with Crippen molar-refractivity contribution in [3.8, 4) is 0 Å². The summed E-state index contributed by atoms with van der Waals surface area (Å²) in [7, 11) is 0. The van der Waals surface area contributed by atoms with E-state index in [1.54, 1.807) is 19.2 Å². The Morgan fingerprint density at radius 3 is 2.59 bits per heavy atom. The standard InChI is InChI=1S/C25H32N6O3/c1-5-31-22-21(24(33)29-25(31)34)18(12-19(28-22)15(2)3)23(32)27-14-17-6-7-20(26-13-17)30-10-8-16(4)9-11-30/h6-7,12-13,15-16H,5,8-11,14H2,1-4H3,(H,27,32)(H,29,33,34). The highest BCUT2D eigenvalue weighted by atomic mass is 16.2. The molecule has 1 amide bonds. The molecule has 0 aromatic carbocycles. The number of carbonyl (C=O) groups is 1. The molecule has 0 aliphatic carbocycles. The van der Waals surface area contributed by atoms with E-state index in [-0.39, 0.29) is 29.1 Å². The maximum Gasteiger partial charge on any atom is 0.329 e. The van der Waals surface area contributed by atoms with Crippen LogP contribution < -0.4 is 21.5 Å². The van der Waals surface area contributed by atoms with Crippen molar-refractivity contribution < 1.29 is 4.79 Å². The summed E-state index contributed by atoms with van der Waals surface area (Å²) in [5.41, 5.74) is 0.809. The van der Waals surface area contributed by atoms with E-state index in [0.717, 1.165) is 30.4 Å².